The number of likely N-dealkylation sites (N-methyl/N-ethyl adjacent to an activating group) is 1. The molecule has 0 bridgehead atoms. The number of carboxylic acid groups (broad SMARTS) is 1. The summed E-state index contributed by atoms with van der Waals surface area (Å²) in [6.07, 6.45) is 0.237. The van der Waals surface area contributed by atoms with E-state index in [1.165, 1.54) is 0 Å². The van der Waals surface area contributed by atoms with E-state index in [9.17, 15) is 4.79 Å². The number of nitrogens with zero attached hydrogens (tertiary/aromatic N) is 3. The zero-order valence-corrected chi connectivity index (χ0v) is 11.9. The Morgan fingerprint density at radius 2 is 1.83 bits per heavy atom. The number of piperazine rings is 1. The molecule has 0 radical (unpaired) electrons. The van der Waals surface area contributed by atoms with E-state index in [-0.39, 0.29) is 6.42 Å². The Morgan fingerprint density at radius 3 is 2.33 bits per heavy atom. The fraction of sp³-hybridized carbons (Fsp3) is 0.923. The van der Waals surface area contributed by atoms with E-state index < -0.39 is 5.97 Å². The molecular formula is C13H27N3O2. The summed E-state index contributed by atoms with van der Waals surface area (Å²) < 4.78 is 0. The first kappa shape index (κ1) is 15.4. The van der Waals surface area contributed by atoms with Crippen LogP contribution in [0.2, 0.25) is 0 Å². The average molecular weight is 257 g/mol. The Morgan fingerprint density at radius 1 is 1.22 bits per heavy atom. The van der Waals surface area contributed by atoms with Gasteiger partial charge in [-0.3, -0.25) is 14.6 Å². The van der Waals surface area contributed by atoms with Crippen LogP contribution in [0.15, 0.2) is 0 Å². The summed E-state index contributed by atoms with van der Waals surface area (Å²) in [5, 5.41) is 8.75. The predicted molar refractivity (Wildman–Crippen MR) is 72.9 cm³/mol. The van der Waals surface area contributed by atoms with E-state index in [0.717, 1.165) is 39.3 Å². The lowest BCUT2D eigenvalue weighted by Gasteiger charge is -2.34. The number of aliphatic carboxylic acids is 1. The first-order valence-corrected chi connectivity index (χ1v) is 6.85. The van der Waals surface area contributed by atoms with Gasteiger partial charge >= 0.3 is 5.97 Å². The molecule has 5 nitrogen and oxygen atoms in total. The summed E-state index contributed by atoms with van der Waals surface area (Å²) in [4.78, 5) is 17.7. The number of rotatable bonds is 7. The highest BCUT2D eigenvalue weighted by molar-refractivity contribution is 5.66. The lowest BCUT2D eigenvalue weighted by molar-refractivity contribution is -0.137. The molecule has 1 heterocycles. The quantitative estimate of drug-likeness (QED) is 0.716. The molecule has 0 aromatic carbocycles. The van der Waals surface area contributed by atoms with Crippen molar-refractivity contribution in [3.05, 3.63) is 0 Å². The smallest absolute Gasteiger partial charge is 0.304 e. The molecule has 106 valence electrons. The second kappa shape index (κ2) is 7.71. The molecule has 1 aliphatic rings. The first-order valence-electron chi connectivity index (χ1n) is 6.85. The molecule has 5 heteroatoms. The van der Waals surface area contributed by atoms with Crippen molar-refractivity contribution < 1.29 is 9.90 Å². The SMILES string of the molecule is CC(C)N(CCC(=O)O)CCN1CCN(C)CC1. The van der Waals surface area contributed by atoms with Gasteiger partial charge < -0.3 is 10.0 Å². The molecule has 0 unspecified atom stereocenters. The summed E-state index contributed by atoms with van der Waals surface area (Å²) >= 11 is 0. The largest absolute Gasteiger partial charge is 0.481 e. The molecule has 1 rings (SSSR count). The molecule has 0 aromatic rings. The number of carbonyl (C=O) groups is 1. The Kier molecular flexibility index (Phi) is 6.60. The molecular weight excluding hydrogens is 230 g/mol. The Hall–Kier alpha value is -0.650. The van der Waals surface area contributed by atoms with Crippen molar-refractivity contribution in [3.63, 3.8) is 0 Å². The third-order valence-electron chi connectivity index (χ3n) is 3.64. The molecule has 1 saturated heterocycles. The van der Waals surface area contributed by atoms with Crippen LogP contribution >= 0.6 is 0 Å². The summed E-state index contributed by atoms with van der Waals surface area (Å²) in [5.74, 6) is -0.708. The first-order chi connectivity index (χ1) is 8.49. The molecule has 1 fully saturated rings. The minimum atomic E-state index is -0.708. The van der Waals surface area contributed by atoms with Gasteiger partial charge in [-0.2, -0.15) is 0 Å². The van der Waals surface area contributed by atoms with Gasteiger partial charge in [0.1, 0.15) is 0 Å². The summed E-state index contributed by atoms with van der Waals surface area (Å²) in [5.41, 5.74) is 0. The minimum Gasteiger partial charge on any atom is -0.481 e. The van der Waals surface area contributed by atoms with Crippen molar-refractivity contribution in [3.8, 4) is 0 Å². The summed E-state index contributed by atoms with van der Waals surface area (Å²) in [6, 6.07) is 0.414. The van der Waals surface area contributed by atoms with Gasteiger partial charge in [-0.05, 0) is 20.9 Å². The van der Waals surface area contributed by atoms with Crippen LogP contribution < -0.4 is 0 Å². The standard InChI is InChI=1S/C13H27N3O2/c1-12(2)16(5-4-13(17)18)11-10-15-8-6-14(3)7-9-15/h12H,4-11H2,1-3H3,(H,17,18). The second-order valence-corrected chi connectivity index (χ2v) is 5.42. The van der Waals surface area contributed by atoms with Crippen molar-refractivity contribution in [2.24, 2.45) is 0 Å². The van der Waals surface area contributed by atoms with Crippen molar-refractivity contribution in [2.45, 2.75) is 26.3 Å². The third-order valence-corrected chi connectivity index (χ3v) is 3.64. The van der Waals surface area contributed by atoms with Gasteiger partial charge in [0.15, 0.2) is 0 Å². The molecule has 0 aromatic heterocycles. The fourth-order valence-corrected chi connectivity index (χ4v) is 2.21. The lowest BCUT2D eigenvalue weighted by Crippen LogP contribution is -2.47. The van der Waals surface area contributed by atoms with Crippen LogP contribution in [0.25, 0.3) is 0 Å². The molecule has 0 saturated carbocycles. The number of carboxylic acids is 1. The highest BCUT2D eigenvalue weighted by Crippen LogP contribution is 2.03. The van der Waals surface area contributed by atoms with Crippen molar-refractivity contribution in [2.75, 3.05) is 52.9 Å². The molecule has 1 N–H and O–H groups in total. The monoisotopic (exact) mass is 257 g/mol. The van der Waals surface area contributed by atoms with E-state index in [0.29, 0.717) is 12.6 Å². The van der Waals surface area contributed by atoms with E-state index in [2.05, 4.69) is 35.6 Å². The molecule has 18 heavy (non-hydrogen) atoms. The molecule has 0 spiro atoms. The van der Waals surface area contributed by atoms with E-state index in [1.807, 2.05) is 0 Å². The van der Waals surface area contributed by atoms with E-state index >= 15 is 0 Å². The van der Waals surface area contributed by atoms with Crippen LogP contribution in [0, 0.1) is 0 Å². The average Bonchev–Trinajstić information content (AvgIpc) is 2.30. The molecule has 0 aliphatic carbocycles. The van der Waals surface area contributed by atoms with Crippen LogP contribution in [-0.4, -0.2) is 84.7 Å². The highest BCUT2D eigenvalue weighted by atomic mass is 16.4. The van der Waals surface area contributed by atoms with Crippen LogP contribution in [-0.2, 0) is 4.79 Å². The Balaban J connectivity index is 2.26. The highest BCUT2D eigenvalue weighted by Gasteiger charge is 2.16. The Bertz CT molecular complexity index is 251. The van der Waals surface area contributed by atoms with Gasteiger partial charge in [-0.15, -0.1) is 0 Å². The van der Waals surface area contributed by atoms with Gasteiger partial charge in [0.05, 0.1) is 6.42 Å². The second-order valence-electron chi connectivity index (χ2n) is 5.42. The maximum Gasteiger partial charge on any atom is 0.304 e. The molecule has 0 amide bonds. The fourth-order valence-electron chi connectivity index (χ4n) is 2.21. The van der Waals surface area contributed by atoms with Crippen molar-refractivity contribution in [1.29, 1.82) is 0 Å². The molecule has 1 aliphatic heterocycles. The number of hydrogen-bond donors (Lipinski definition) is 1. The van der Waals surface area contributed by atoms with Crippen LogP contribution in [0.3, 0.4) is 0 Å². The van der Waals surface area contributed by atoms with Gasteiger partial charge in [0, 0.05) is 51.9 Å². The van der Waals surface area contributed by atoms with Gasteiger partial charge in [0.2, 0.25) is 0 Å². The lowest BCUT2D eigenvalue weighted by atomic mass is 10.2. The van der Waals surface area contributed by atoms with Crippen LogP contribution in [0.4, 0.5) is 0 Å². The normalized spacial score (nSPS) is 18.7. The Labute approximate surface area is 110 Å². The summed E-state index contributed by atoms with van der Waals surface area (Å²) in [7, 11) is 2.16. The zero-order valence-electron chi connectivity index (χ0n) is 11.9. The van der Waals surface area contributed by atoms with Gasteiger partial charge in [0.25, 0.3) is 0 Å². The van der Waals surface area contributed by atoms with Crippen LogP contribution in [0.5, 0.6) is 0 Å². The van der Waals surface area contributed by atoms with E-state index in [4.69, 9.17) is 5.11 Å². The number of hydrogen-bond acceptors (Lipinski definition) is 4. The topological polar surface area (TPSA) is 47.0 Å². The van der Waals surface area contributed by atoms with E-state index in [1.54, 1.807) is 0 Å². The van der Waals surface area contributed by atoms with Crippen molar-refractivity contribution in [1.82, 2.24) is 14.7 Å². The maximum atomic E-state index is 10.6. The molecule has 0 atom stereocenters. The third kappa shape index (κ3) is 5.80. The van der Waals surface area contributed by atoms with Gasteiger partial charge in [-0.1, -0.05) is 0 Å². The predicted octanol–water partition coefficient (Wildman–Crippen LogP) is 0.419. The van der Waals surface area contributed by atoms with Gasteiger partial charge in [-0.25, -0.2) is 0 Å². The van der Waals surface area contributed by atoms with Crippen molar-refractivity contribution >= 4 is 5.97 Å². The minimum absolute atomic E-state index is 0.237. The zero-order chi connectivity index (χ0) is 13.5. The summed E-state index contributed by atoms with van der Waals surface area (Å²) in [6.45, 7) is 11.5. The maximum absolute atomic E-state index is 10.6. The van der Waals surface area contributed by atoms with Crippen LogP contribution in [0.1, 0.15) is 20.3 Å².